The highest BCUT2D eigenvalue weighted by Gasteiger charge is 2.20. The summed E-state index contributed by atoms with van der Waals surface area (Å²) in [6.45, 7) is 5.20. The molecule has 2 aromatic rings. The SMILES string of the molecule is Cc1cc(NC(=O)CN2CCN(c3ccc(C#N)c(Cl)c3)CC2)no1. The molecule has 1 N–H and O–H groups in total. The van der Waals surface area contributed by atoms with Crippen LogP contribution in [0.4, 0.5) is 11.5 Å². The molecule has 1 aliphatic heterocycles. The number of carbonyl (C=O) groups is 1. The second kappa shape index (κ2) is 7.55. The minimum Gasteiger partial charge on any atom is -0.369 e. The quantitative estimate of drug-likeness (QED) is 0.901. The summed E-state index contributed by atoms with van der Waals surface area (Å²) in [6.07, 6.45) is 0. The molecule has 0 atom stereocenters. The van der Waals surface area contributed by atoms with Gasteiger partial charge < -0.3 is 14.7 Å². The lowest BCUT2D eigenvalue weighted by atomic mass is 10.2. The van der Waals surface area contributed by atoms with Crippen molar-refractivity contribution in [2.45, 2.75) is 6.92 Å². The minimum absolute atomic E-state index is 0.108. The number of nitrogens with one attached hydrogen (secondary N) is 1. The van der Waals surface area contributed by atoms with Gasteiger partial charge in [-0.3, -0.25) is 9.69 Å². The molecule has 1 fully saturated rings. The second-order valence-corrected chi connectivity index (χ2v) is 6.32. The molecule has 130 valence electrons. The molecule has 0 spiro atoms. The number of benzene rings is 1. The average molecular weight is 360 g/mol. The molecule has 1 aromatic carbocycles. The van der Waals surface area contributed by atoms with Crippen LogP contribution >= 0.6 is 11.6 Å². The fourth-order valence-corrected chi connectivity index (χ4v) is 2.98. The topological polar surface area (TPSA) is 85.4 Å². The Kier molecular flexibility index (Phi) is 5.22. The van der Waals surface area contributed by atoms with Crippen LogP contribution in [0.15, 0.2) is 28.8 Å². The van der Waals surface area contributed by atoms with E-state index in [1.807, 2.05) is 12.1 Å². The molecule has 0 unspecified atom stereocenters. The Labute approximate surface area is 150 Å². The standard InChI is InChI=1S/C17H18ClN5O2/c1-12-8-16(21-25-12)20-17(24)11-22-4-6-23(7-5-22)14-3-2-13(10-19)15(18)9-14/h2-3,8-9H,4-7,11H2,1H3,(H,20,21,24). The maximum absolute atomic E-state index is 12.1. The molecule has 8 heteroatoms. The van der Waals surface area contributed by atoms with Gasteiger partial charge in [0.05, 0.1) is 17.1 Å². The molecule has 3 rings (SSSR count). The lowest BCUT2D eigenvalue weighted by Gasteiger charge is -2.35. The van der Waals surface area contributed by atoms with Crippen LogP contribution in [0.5, 0.6) is 0 Å². The van der Waals surface area contributed by atoms with E-state index in [4.69, 9.17) is 21.4 Å². The van der Waals surface area contributed by atoms with E-state index in [1.165, 1.54) is 0 Å². The summed E-state index contributed by atoms with van der Waals surface area (Å²) < 4.78 is 4.93. The molecule has 0 bridgehead atoms. The van der Waals surface area contributed by atoms with Crippen molar-refractivity contribution in [2.24, 2.45) is 0 Å². The van der Waals surface area contributed by atoms with Gasteiger partial charge in [-0.05, 0) is 25.1 Å². The molecule has 1 aliphatic rings. The molecule has 0 saturated carbocycles. The molecule has 7 nitrogen and oxygen atoms in total. The number of hydrogen-bond donors (Lipinski definition) is 1. The van der Waals surface area contributed by atoms with E-state index in [9.17, 15) is 4.79 Å². The Morgan fingerprint density at radius 3 is 2.72 bits per heavy atom. The summed E-state index contributed by atoms with van der Waals surface area (Å²) in [7, 11) is 0. The Bertz CT molecular complexity index is 806. The van der Waals surface area contributed by atoms with E-state index in [-0.39, 0.29) is 5.91 Å². The van der Waals surface area contributed by atoms with Gasteiger partial charge in [-0.15, -0.1) is 0 Å². The first-order valence-corrected chi connectivity index (χ1v) is 8.33. The summed E-state index contributed by atoms with van der Waals surface area (Å²) in [6, 6.07) is 9.20. The first-order chi connectivity index (χ1) is 12.0. The van der Waals surface area contributed by atoms with Crippen molar-refractivity contribution in [3.8, 4) is 6.07 Å². The van der Waals surface area contributed by atoms with Gasteiger partial charge in [0.15, 0.2) is 5.82 Å². The van der Waals surface area contributed by atoms with Gasteiger partial charge in [0.1, 0.15) is 11.8 Å². The van der Waals surface area contributed by atoms with Crippen molar-refractivity contribution in [1.82, 2.24) is 10.1 Å². The van der Waals surface area contributed by atoms with Crippen molar-refractivity contribution >= 4 is 29.0 Å². The van der Waals surface area contributed by atoms with Crippen LogP contribution in [-0.2, 0) is 4.79 Å². The van der Waals surface area contributed by atoms with Gasteiger partial charge in [0.25, 0.3) is 0 Å². The second-order valence-electron chi connectivity index (χ2n) is 5.91. The van der Waals surface area contributed by atoms with Gasteiger partial charge >= 0.3 is 0 Å². The van der Waals surface area contributed by atoms with E-state index in [0.29, 0.717) is 28.7 Å². The van der Waals surface area contributed by atoms with Crippen LogP contribution in [0.1, 0.15) is 11.3 Å². The number of carbonyl (C=O) groups excluding carboxylic acids is 1. The highest BCUT2D eigenvalue weighted by Crippen LogP contribution is 2.24. The average Bonchev–Trinajstić information content (AvgIpc) is 3.00. The minimum atomic E-state index is -0.108. The summed E-state index contributed by atoms with van der Waals surface area (Å²) >= 11 is 6.10. The first kappa shape index (κ1) is 17.3. The zero-order chi connectivity index (χ0) is 17.8. The Morgan fingerprint density at radius 2 is 2.12 bits per heavy atom. The smallest absolute Gasteiger partial charge is 0.239 e. The van der Waals surface area contributed by atoms with E-state index in [0.717, 1.165) is 31.9 Å². The summed E-state index contributed by atoms with van der Waals surface area (Å²) in [5.74, 6) is 0.988. The zero-order valence-electron chi connectivity index (χ0n) is 13.8. The number of hydrogen-bond acceptors (Lipinski definition) is 6. The molecule has 1 amide bonds. The van der Waals surface area contributed by atoms with Crippen LogP contribution in [0.2, 0.25) is 5.02 Å². The van der Waals surface area contributed by atoms with Gasteiger partial charge in [0.2, 0.25) is 5.91 Å². The monoisotopic (exact) mass is 359 g/mol. The number of aryl methyl sites for hydroxylation is 1. The number of nitrogens with zero attached hydrogens (tertiary/aromatic N) is 4. The number of halogens is 1. The first-order valence-electron chi connectivity index (χ1n) is 7.95. The Morgan fingerprint density at radius 1 is 1.36 bits per heavy atom. The van der Waals surface area contributed by atoms with Crippen molar-refractivity contribution in [3.05, 3.63) is 40.6 Å². The van der Waals surface area contributed by atoms with Crippen molar-refractivity contribution in [1.29, 1.82) is 5.26 Å². The number of rotatable bonds is 4. The van der Waals surface area contributed by atoms with Crippen molar-refractivity contribution in [3.63, 3.8) is 0 Å². The van der Waals surface area contributed by atoms with E-state index in [2.05, 4.69) is 26.3 Å². The zero-order valence-corrected chi connectivity index (χ0v) is 14.6. The number of amides is 1. The number of nitriles is 1. The van der Waals surface area contributed by atoms with Gasteiger partial charge in [0, 0.05) is 37.9 Å². The van der Waals surface area contributed by atoms with Crippen LogP contribution in [0.25, 0.3) is 0 Å². The van der Waals surface area contributed by atoms with E-state index < -0.39 is 0 Å². The molecular formula is C17H18ClN5O2. The third-order valence-corrected chi connectivity index (χ3v) is 4.39. The highest BCUT2D eigenvalue weighted by atomic mass is 35.5. The molecule has 0 aliphatic carbocycles. The van der Waals surface area contributed by atoms with Crippen LogP contribution < -0.4 is 10.2 Å². The van der Waals surface area contributed by atoms with Crippen LogP contribution in [0.3, 0.4) is 0 Å². The van der Waals surface area contributed by atoms with Crippen molar-refractivity contribution in [2.75, 3.05) is 42.9 Å². The number of anilines is 2. The summed E-state index contributed by atoms with van der Waals surface area (Å²) in [5.41, 5.74) is 1.47. The summed E-state index contributed by atoms with van der Waals surface area (Å²) in [4.78, 5) is 16.3. The largest absolute Gasteiger partial charge is 0.369 e. The maximum Gasteiger partial charge on any atom is 0.239 e. The van der Waals surface area contributed by atoms with E-state index >= 15 is 0 Å². The predicted molar refractivity (Wildman–Crippen MR) is 94.7 cm³/mol. The molecule has 2 heterocycles. The van der Waals surface area contributed by atoms with Crippen LogP contribution in [0, 0.1) is 18.3 Å². The highest BCUT2D eigenvalue weighted by molar-refractivity contribution is 6.32. The van der Waals surface area contributed by atoms with Crippen LogP contribution in [-0.4, -0.2) is 48.7 Å². The molecule has 25 heavy (non-hydrogen) atoms. The lowest BCUT2D eigenvalue weighted by molar-refractivity contribution is -0.117. The van der Waals surface area contributed by atoms with Gasteiger partial charge in [-0.1, -0.05) is 16.8 Å². The molecule has 1 saturated heterocycles. The normalized spacial score (nSPS) is 15.0. The fourth-order valence-electron chi connectivity index (χ4n) is 2.77. The van der Waals surface area contributed by atoms with Gasteiger partial charge in [-0.25, -0.2) is 0 Å². The fraction of sp³-hybridized carbons (Fsp3) is 0.353. The predicted octanol–water partition coefficient (Wildman–Crippen LogP) is 2.27. The Hall–Kier alpha value is -2.56. The third kappa shape index (κ3) is 4.29. The Balaban J connectivity index is 1.51. The number of aromatic nitrogens is 1. The molecule has 0 radical (unpaired) electrons. The molecule has 1 aromatic heterocycles. The van der Waals surface area contributed by atoms with Gasteiger partial charge in [-0.2, -0.15) is 5.26 Å². The lowest BCUT2D eigenvalue weighted by Crippen LogP contribution is -2.48. The maximum atomic E-state index is 12.1. The molecular weight excluding hydrogens is 342 g/mol. The summed E-state index contributed by atoms with van der Waals surface area (Å²) in [5, 5.41) is 15.9. The number of piperazine rings is 1. The van der Waals surface area contributed by atoms with Crippen molar-refractivity contribution < 1.29 is 9.32 Å². The third-order valence-electron chi connectivity index (χ3n) is 4.07. The van der Waals surface area contributed by atoms with E-state index in [1.54, 1.807) is 19.1 Å².